The number of anilines is 2. The van der Waals surface area contributed by atoms with Gasteiger partial charge < -0.3 is 24.5 Å². The third-order valence-corrected chi connectivity index (χ3v) is 3.74. The fourth-order valence-corrected chi connectivity index (χ4v) is 2.56. The van der Waals surface area contributed by atoms with Crippen molar-refractivity contribution in [2.45, 2.75) is 0 Å². The molecular weight excluding hydrogens is 343 g/mol. The van der Waals surface area contributed by atoms with E-state index in [1.807, 2.05) is 54.6 Å². The number of carboxylic acid groups (broad SMARTS) is 1. The molecule has 3 rings (SSSR count). The van der Waals surface area contributed by atoms with E-state index >= 15 is 0 Å². The summed E-state index contributed by atoms with van der Waals surface area (Å²) < 4.78 is 4.55. The molecule has 0 bridgehead atoms. The van der Waals surface area contributed by atoms with Gasteiger partial charge in [-0.1, -0.05) is 36.4 Å². The first-order chi connectivity index (χ1) is 12.1. The molecule has 1 aromatic heterocycles. The first-order valence-corrected chi connectivity index (χ1v) is 7.53. The number of carbonyl (C=O) groups is 2. The Hall–Kier alpha value is -2.54. The summed E-state index contributed by atoms with van der Waals surface area (Å²) >= 11 is 0. The zero-order valence-electron chi connectivity index (χ0n) is 14.4. The Morgan fingerprint density at radius 1 is 1.08 bits per heavy atom. The van der Waals surface area contributed by atoms with Crippen LogP contribution in [-0.4, -0.2) is 24.0 Å². The van der Waals surface area contributed by atoms with Crippen LogP contribution in [0.5, 0.6) is 0 Å². The Bertz CT molecular complexity index is 950. The van der Waals surface area contributed by atoms with Crippen molar-refractivity contribution in [3.8, 4) is 0 Å². The Labute approximate surface area is 172 Å². The number of nitrogens with one attached hydrogen (secondary N) is 1. The molecule has 26 heavy (non-hydrogen) atoms. The summed E-state index contributed by atoms with van der Waals surface area (Å²) in [6, 6.07) is 16.7. The number of carboxylic acids is 1. The SMILES string of the molecule is COC(=O)/C(=C/N(c1ccccc1)c1c[nH]c2ccccc12)C(=O)[O-].[Na+]. The summed E-state index contributed by atoms with van der Waals surface area (Å²) in [7, 11) is 1.12. The second kappa shape index (κ2) is 8.71. The number of rotatable bonds is 5. The number of hydrogen-bond acceptors (Lipinski definition) is 5. The molecule has 0 fully saturated rings. The van der Waals surface area contributed by atoms with Crippen LogP contribution in [0.15, 0.2) is 72.6 Å². The van der Waals surface area contributed by atoms with E-state index in [0.717, 1.165) is 18.0 Å². The van der Waals surface area contributed by atoms with Crippen molar-refractivity contribution in [1.82, 2.24) is 4.98 Å². The minimum atomic E-state index is -1.60. The van der Waals surface area contributed by atoms with Gasteiger partial charge in [0.15, 0.2) is 0 Å². The summed E-state index contributed by atoms with van der Waals surface area (Å²) in [5.41, 5.74) is 1.70. The van der Waals surface area contributed by atoms with Crippen LogP contribution in [0, 0.1) is 0 Å². The molecule has 7 heteroatoms. The number of aromatic nitrogens is 1. The molecule has 0 radical (unpaired) electrons. The molecule has 0 aliphatic rings. The quantitative estimate of drug-likeness (QED) is 0.210. The summed E-state index contributed by atoms with van der Waals surface area (Å²) in [6.45, 7) is 0. The summed E-state index contributed by atoms with van der Waals surface area (Å²) in [6.07, 6.45) is 2.96. The van der Waals surface area contributed by atoms with Crippen molar-refractivity contribution in [2.75, 3.05) is 12.0 Å². The van der Waals surface area contributed by atoms with Crippen molar-refractivity contribution in [1.29, 1.82) is 0 Å². The van der Waals surface area contributed by atoms with Gasteiger partial charge in [-0.15, -0.1) is 0 Å². The number of hydrogen-bond donors (Lipinski definition) is 1. The number of methoxy groups -OCH3 is 1. The third kappa shape index (κ3) is 3.99. The van der Waals surface area contributed by atoms with Gasteiger partial charge in [-0.2, -0.15) is 0 Å². The molecule has 0 unspecified atom stereocenters. The Kier molecular flexibility index (Phi) is 6.63. The van der Waals surface area contributed by atoms with Gasteiger partial charge in [0.2, 0.25) is 0 Å². The number of ether oxygens (including phenoxy) is 1. The number of carbonyl (C=O) groups excluding carboxylic acids is 2. The fraction of sp³-hybridized carbons (Fsp3) is 0.0526. The van der Waals surface area contributed by atoms with Crippen LogP contribution in [-0.2, 0) is 14.3 Å². The van der Waals surface area contributed by atoms with Crippen LogP contribution in [0.3, 0.4) is 0 Å². The molecule has 0 saturated heterocycles. The molecule has 126 valence electrons. The Morgan fingerprint density at radius 3 is 2.38 bits per heavy atom. The maximum Gasteiger partial charge on any atom is 1.00 e. The van der Waals surface area contributed by atoms with E-state index in [-0.39, 0.29) is 29.6 Å². The van der Waals surface area contributed by atoms with E-state index in [1.165, 1.54) is 6.20 Å². The van der Waals surface area contributed by atoms with Gasteiger partial charge in [0.25, 0.3) is 0 Å². The maximum absolute atomic E-state index is 11.8. The van der Waals surface area contributed by atoms with Gasteiger partial charge in [0, 0.05) is 29.0 Å². The molecular formula is C19H15N2NaO4. The number of aliphatic carboxylic acids is 1. The normalized spacial score (nSPS) is 10.9. The first-order valence-electron chi connectivity index (χ1n) is 7.53. The molecule has 0 spiro atoms. The minimum absolute atomic E-state index is 0. The van der Waals surface area contributed by atoms with E-state index in [1.54, 1.807) is 11.1 Å². The number of benzene rings is 2. The van der Waals surface area contributed by atoms with E-state index in [2.05, 4.69) is 9.72 Å². The van der Waals surface area contributed by atoms with Crippen molar-refractivity contribution in [3.63, 3.8) is 0 Å². The summed E-state index contributed by atoms with van der Waals surface area (Å²) in [5, 5.41) is 12.3. The zero-order valence-corrected chi connectivity index (χ0v) is 16.4. The molecule has 1 heterocycles. The van der Waals surface area contributed by atoms with Crippen LogP contribution in [0.2, 0.25) is 0 Å². The predicted octanol–water partition coefficient (Wildman–Crippen LogP) is -0.883. The zero-order chi connectivity index (χ0) is 17.8. The number of aromatic amines is 1. The second-order valence-electron chi connectivity index (χ2n) is 5.25. The van der Waals surface area contributed by atoms with Crippen LogP contribution in [0.25, 0.3) is 10.9 Å². The van der Waals surface area contributed by atoms with E-state index in [9.17, 15) is 14.7 Å². The van der Waals surface area contributed by atoms with Crippen LogP contribution >= 0.6 is 0 Å². The molecule has 3 aromatic rings. The van der Waals surface area contributed by atoms with E-state index < -0.39 is 17.5 Å². The van der Waals surface area contributed by atoms with Crippen LogP contribution in [0.1, 0.15) is 0 Å². The van der Waals surface area contributed by atoms with Gasteiger partial charge >= 0.3 is 35.5 Å². The molecule has 1 N–H and O–H groups in total. The number of fused-ring (bicyclic) bond motifs is 1. The van der Waals surface area contributed by atoms with Gasteiger partial charge in [-0.3, -0.25) is 0 Å². The number of H-pyrrole nitrogens is 1. The monoisotopic (exact) mass is 358 g/mol. The van der Waals surface area contributed by atoms with Crippen molar-refractivity contribution in [2.24, 2.45) is 0 Å². The smallest absolute Gasteiger partial charge is 0.544 e. The van der Waals surface area contributed by atoms with Gasteiger partial charge in [-0.25, -0.2) is 4.79 Å². The number of nitrogens with zero attached hydrogens (tertiary/aromatic N) is 1. The fourth-order valence-electron chi connectivity index (χ4n) is 2.56. The predicted molar refractivity (Wildman–Crippen MR) is 92.0 cm³/mol. The van der Waals surface area contributed by atoms with E-state index in [0.29, 0.717) is 11.4 Å². The molecule has 0 aliphatic heterocycles. The first kappa shape index (κ1) is 19.8. The molecule has 0 atom stereocenters. The minimum Gasteiger partial charge on any atom is -0.544 e. The Balaban J connectivity index is 0.00000243. The number of para-hydroxylation sites is 2. The van der Waals surface area contributed by atoms with Gasteiger partial charge in [0.05, 0.1) is 24.3 Å². The second-order valence-corrected chi connectivity index (χ2v) is 5.25. The largest absolute Gasteiger partial charge is 1.00 e. The van der Waals surface area contributed by atoms with Crippen LogP contribution < -0.4 is 39.6 Å². The van der Waals surface area contributed by atoms with Gasteiger partial charge in [0.1, 0.15) is 0 Å². The Morgan fingerprint density at radius 2 is 1.73 bits per heavy atom. The summed E-state index contributed by atoms with van der Waals surface area (Å²) in [5.74, 6) is -2.58. The average molecular weight is 358 g/mol. The molecule has 0 aliphatic carbocycles. The van der Waals surface area contributed by atoms with Gasteiger partial charge in [-0.05, 0) is 18.2 Å². The van der Waals surface area contributed by atoms with Crippen molar-refractivity contribution in [3.05, 3.63) is 72.6 Å². The standard InChI is InChI=1S/C19H16N2O4.Na/c1-25-19(24)15(18(22)23)12-21(13-7-3-2-4-8-13)17-11-20-16-10-6-5-9-14(16)17;/h2-12,20H,1H3,(H,22,23);/q;+1/p-1/b15-12+;. The third-order valence-electron chi connectivity index (χ3n) is 3.74. The average Bonchev–Trinajstić information content (AvgIpc) is 3.06. The molecule has 2 aromatic carbocycles. The van der Waals surface area contributed by atoms with Crippen molar-refractivity contribution >= 4 is 34.2 Å². The summed E-state index contributed by atoms with van der Waals surface area (Å²) in [4.78, 5) is 27.9. The van der Waals surface area contributed by atoms with Crippen LogP contribution in [0.4, 0.5) is 11.4 Å². The van der Waals surface area contributed by atoms with E-state index in [4.69, 9.17) is 0 Å². The number of esters is 1. The molecule has 0 amide bonds. The maximum atomic E-state index is 11.8. The topological polar surface area (TPSA) is 85.5 Å². The molecule has 0 saturated carbocycles. The molecule has 6 nitrogen and oxygen atoms in total. The van der Waals surface area contributed by atoms with Crippen molar-refractivity contribution < 1.29 is 49.0 Å².